The van der Waals surface area contributed by atoms with Crippen LogP contribution in [0.25, 0.3) is 0 Å². The van der Waals surface area contributed by atoms with E-state index in [-0.39, 0.29) is 5.91 Å². The number of amides is 1. The molecule has 114 valence electrons. The zero-order valence-electron chi connectivity index (χ0n) is 12.5. The zero-order chi connectivity index (χ0) is 15.4. The molecule has 0 radical (unpaired) electrons. The van der Waals surface area contributed by atoms with E-state index in [9.17, 15) is 4.79 Å². The lowest BCUT2D eigenvalue weighted by Crippen LogP contribution is -2.24. The fourth-order valence-electron chi connectivity index (χ4n) is 2.64. The van der Waals surface area contributed by atoms with Crippen molar-refractivity contribution in [1.29, 1.82) is 0 Å². The molecule has 0 saturated carbocycles. The van der Waals surface area contributed by atoms with Crippen LogP contribution in [0.4, 0.5) is 11.5 Å². The van der Waals surface area contributed by atoms with Crippen LogP contribution >= 0.6 is 0 Å². The molecule has 1 aromatic heterocycles. The molecule has 2 heterocycles. The number of hydrogen-bond acceptors (Lipinski definition) is 4. The van der Waals surface area contributed by atoms with Crippen LogP contribution in [-0.2, 0) is 6.54 Å². The SMILES string of the molecule is Nc1ccccc1C(=O)NCc1ccc(N2CCCC2)nc1. The summed E-state index contributed by atoms with van der Waals surface area (Å²) >= 11 is 0. The fraction of sp³-hybridized carbons (Fsp3) is 0.294. The maximum Gasteiger partial charge on any atom is 0.253 e. The Balaban J connectivity index is 1.59. The minimum absolute atomic E-state index is 0.165. The van der Waals surface area contributed by atoms with Crippen LogP contribution in [0.15, 0.2) is 42.6 Å². The van der Waals surface area contributed by atoms with E-state index < -0.39 is 0 Å². The zero-order valence-corrected chi connectivity index (χ0v) is 12.5. The molecule has 3 rings (SSSR count). The number of hydrogen-bond donors (Lipinski definition) is 2. The maximum atomic E-state index is 12.1. The molecule has 0 atom stereocenters. The Morgan fingerprint density at radius 2 is 1.95 bits per heavy atom. The second-order valence-electron chi connectivity index (χ2n) is 5.49. The highest BCUT2D eigenvalue weighted by atomic mass is 16.1. The van der Waals surface area contributed by atoms with Crippen LogP contribution < -0.4 is 16.0 Å². The monoisotopic (exact) mass is 296 g/mol. The lowest BCUT2D eigenvalue weighted by molar-refractivity contribution is 0.0952. The number of nitrogens with zero attached hydrogens (tertiary/aromatic N) is 2. The van der Waals surface area contributed by atoms with Gasteiger partial charge in [0.1, 0.15) is 5.82 Å². The fourth-order valence-corrected chi connectivity index (χ4v) is 2.64. The van der Waals surface area contributed by atoms with Gasteiger partial charge in [-0.05, 0) is 36.6 Å². The van der Waals surface area contributed by atoms with Crippen LogP contribution in [0.2, 0.25) is 0 Å². The van der Waals surface area contributed by atoms with E-state index in [1.165, 1.54) is 12.8 Å². The van der Waals surface area contributed by atoms with Gasteiger partial charge in [0.2, 0.25) is 0 Å². The predicted molar refractivity (Wildman–Crippen MR) is 87.7 cm³/mol. The molecule has 0 spiro atoms. The standard InChI is InChI=1S/C17H20N4O/c18-15-6-2-1-5-14(15)17(22)20-12-13-7-8-16(19-11-13)21-9-3-4-10-21/h1-2,5-8,11H,3-4,9-10,12,18H2,(H,20,22). The van der Waals surface area contributed by atoms with Gasteiger partial charge in [-0.25, -0.2) is 4.98 Å². The average molecular weight is 296 g/mol. The van der Waals surface area contributed by atoms with E-state index >= 15 is 0 Å². The lowest BCUT2D eigenvalue weighted by atomic mass is 10.1. The molecule has 1 aliphatic heterocycles. The van der Waals surface area contributed by atoms with E-state index in [0.717, 1.165) is 24.5 Å². The number of nitrogen functional groups attached to an aromatic ring is 1. The van der Waals surface area contributed by atoms with Gasteiger partial charge in [-0.15, -0.1) is 0 Å². The first-order chi connectivity index (χ1) is 10.7. The number of carbonyl (C=O) groups is 1. The smallest absolute Gasteiger partial charge is 0.253 e. The Hall–Kier alpha value is -2.56. The summed E-state index contributed by atoms with van der Waals surface area (Å²) in [5.41, 5.74) is 7.77. The van der Waals surface area contributed by atoms with Gasteiger partial charge in [-0.2, -0.15) is 0 Å². The molecule has 0 aliphatic carbocycles. The van der Waals surface area contributed by atoms with Gasteiger partial charge in [0.05, 0.1) is 5.56 Å². The molecule has 5 heteroatoms. The first-order valence-corrected chi connectivity index (χ1v) is 7.56. The van der Waals surface area contributed by atoms with Crippen LogP contribution in [0.5, 0.6) is 0 Å². The Morgan fingerprint density at radius 1 is 1.18 bits per heavy atom. The van der Waals surface area contributed by atoms with Crippen molar-refractivity contribution in [3.05, 3.63) is 53.7 Å². The molecular weight excluding hydrogens is 276 g/mol. The Bertz CT molecular complexity index is 648. The van der Waals surface area contributed by atoms with Gasteiger partial charge in [0, 0.05) is 31.5 Å². The predicted octanol–water partition coefficient (Wildman–Crippen LogP) is 2.19. The van der Waals surface area contributed by atoms with Crippen molar-refractivity contribution >= 4 is 17.4 Å². The Morgan fingerprint density at radius 3 is 2.64 bits per heavy atom. The average Bonchev–Trinajstić information content (AvgIpc) is 3.08. The second kappa shape index (κ2) is 6.47. The molecule has 1 aliphatic rings. The molecule has 1 saturated heterocycles. The molecule has 0 bridgehead atoms. The highest BCUT2D eigenvalue weighted by Gasteiger charge is 2.13. The molecule has 22 heavy (non-hydrogen) atoms. The number of nitrogens with one attached hydrogen (secondary N) is 1. The summed E-state index contributed by atoms with van der Waals surface area (Å²) < 4.78 is 0. The van der Waals surface area contributed by atoms with Gasteiger partial charge in [-0.3, -0.25) is 4.79 Å². The molecule has 5 nitrogen and oxygen atoms in total. The third-order valence-corrected chi connectivity index (χ3v) is 3.90. The number of benzene rings is 1. The summed E-state index contributed by atoms with van der Waals surface area (Å²) in [7, 11) is 0. The van der Waals surface area contributed by atoms with Crippen molar-refractivity contribution < 1.29 is 4.79 Å². The molecule has 0 unspecified atom stereocenters. The van der Waals surface area contributed by atoms with Crippen molar-refractivity contribution in [3.8, 4) is 0 Å². The third kappa shape index (κ3) is 3.19. The van der Waals surface area contributed by atoms with Crippen molar-refractivity contribution in [2.45, 2.75) is 19.4 Å². The Kier molecular flexibility index (Phi) is 4.23. The number of rotatable bonds is 4. The maximum absolute atomic E-state index is 12.1. The van der Waals surface area contributed by atoms with Crippen molar-refractivity contribution in [2.75, 3.05) is 23.7 Å². The van der Waals surface area contributed by atoms with Gasteiger partial charge in [0.25, 0.3) is 5.91 Å². The molecule has 1 amide bonds. The number of aromatic nitrogens is 1. The van der Waals surface area contributed by atoms with E-state index in [4.69, 9.17) is 5.73 Å². The summed E-state index contributed by atoms with van der Waals surface area (Å²) in [5, 5.41) is 2.87. The van der Waals surface area contributed by atoms with Crippen LogP contribution in [-0.4, -0.2) is 24.0 Å². The van der Waals surface area contributed by atoms with E-state index in [1.54, 1.807) is 18.2 Å². The summed E-state index contributed by atoms with van der Waals surface area (Å²) in [6.07, 6.45) is 4.29. The minimum Gasteiger partial charge on any atom is -0.398 e. The van der Waals surface area contributed by atoms with E-state index in [1.807, 2.05) is 24.4 Å². The van der Waals surface area contributed by atoms with Crippen LogP contribution in [0.1, 0.15) is 28.8 Å². The first kappa shape index (κ1) is 14.4. The topological polar surface area (TPSA) is 71.2 Å². The van der Waals surface area contributed by atoms with Gasteiger partial charge in [-0.1, -0.05) is 18.2 Å². The van der Waals surface area contributed by atoms with Crippen molar-refractivity contribution in [2.24, 2.45) is 0 Å². The summed E-state index contributed by atoms with van der Waals surface area (Å²) in [5.74, 6) is 0.849. The summed E-state index contributed by atoms with van der Waals surface area (Å²) in [6.45, 7) is 2.60. The number of anilines is 2. The van der Waals surface area contributed by atoms with E-state index in [2.05, 4.69) is 15.2 Å². The van der Waals surface area contributed by atoms with Gasteiger partial charge < -0.3 is 16.0 Å². The largest absolute Gasteiger partial charge is 0.398 e. The van der Waals surface area contributed by atoms with Crippen LogP contribution in [0, 0.1) is 0 Å². The highest BCUT2D eigenvalue weighted by molar-refractivity contribution is 5.98. The molecule has 1 fully saturated rings. The van der Waals surface area contributed by atoms with Gasteiger partial charge in [0.15, 0.2) is 0 Å². The van der Waals surface area contributed by atoms with Crippen LogP contribution in [0.3, 0.4) is 0 Å². The number of pyridine rings is 1. The lowest BCUT2D eigenvalue weighted by Gasteiger charge is -2.16. The van der Waals surface area contributed by atoms with Crippen molar-refractivity contribution in [3.63, 3.8) is 0 Å². The quantitative estimate of drug-likeness (QED) is 0.848. The summed E-state index contributed by atoms with van der Waals surface area (Å²) in [6, 6.07) is 11.1. The van der Waals surface area contributed by atoms with Crippen molar-refractivity contribution in [1.82, 2.24) is 10.3 Å². The molecule has 1 aromatic carbocycles. The third-order valence-electron chi connectivity index (χ3n) is 3.90. The minimum atomic E-state index is -0.165. The Labute approximate surface area is 130 Å². The highest BCUT2D eigenvalue weighted by Crippen LogP contribution is 2.17. The number of para-hydroxylation sites is 1. The number of carbonyl (C=O) groups excluding carboxylic acids is 1. The summed E-state index contributed by atoms with van der Waals surface area (Å²) in [4.78, 5) is 18.9. The molecular formula is C17H20N4O. The second-order valence-corrected chi connectivity index (χ2v) is 5.49. The number of nitrogens with two attached hydrogens (primary N) is 1. The van der Waals surface area contributed by atoms with Gasteiger partial charge >= 0.3 is 0 Å². The molecule has 2 aromatic rings. The van der Waals surface area contributed by atoms with E-state index in [0.29, 0.717) is 17.8 Å². The normalized spacial score (nSPS) is 14.1. The first-order valence-electron chi connectivity index (χ1n) is 7.56. The molecule has 3 N–H and O–H groups in total.